The highest BCUT2D eigenvalue weighted by molar-refractivity contribution is 7.45. The van der Waals surface area contributed by atoms with Gasteiger partial charge in [-0.2, -0.15) is 0 Å². The highest BCUT2D eigenvalue weighted by Crippen LogP contribution is 2.29. The van der Waals surface area contributed by atoms with Gasteiger partial charge in [-0.05, 0) is 26.0 Å². The number of rotatable bonds is 5. The number of allylic oxidation sites excluding steroid dienone is 4. The molecule has 1 nitrogen and oxygen atoms in total. The highest BCUT2D eigenvalue weighted by atomic mass is 31.1. The van der Waals surface area contributed by atoms with Crippen LogP contribution in [0.3, 0.4) is 0 Å². The lowest BCUT2D eigenvalue weighted by molar-refractivity contribution is 1.65. The van der Waals surface area contributed by atoms with Crippen LogP contribution in [0.5, 0.6) is 0 Å². The van der Waals surface area contributed by atoms with Crippen LogP contribution in [-0.4, -0.2) is 0 Å². The van der Waals surface area contributed by atoms with Gasteiger partial charge in [-0.15, -0.1) is 0 Å². The van der Waals surface area contributed by atoms with Crippen LogP contribution >= 0.6 is 17.8 Å². The molecule has 1 aromatic carbocycles. The maximum absolute atomic E-state index is 3.96. The van der Waals surface area contributed by atoms with Crippen LogP contribution < -0.4 is 0 Å². The van der Waals surface area contributed by atoms with Gasteiger partial charge in [0.05, 0.1) is 0 Å². The summed E-state index contributed by atoms with van der Waals surface area (Å²) in [6.07, 6.45) is 7.81. The van der Waals surface area contributed by atoms with Crippen LogP contribution in [0.4, 0.5) is 0 Å². The van der Waals surface area contributed by atoms with Crippen molar-refractivity contribution in [2.75, 3.05) is 0 Å². The lowest BCUT2D eigenvalue weighted by Gasteiger charge is -1.97. The third-order valence-electron chi connectivity index (χ3n) is 1.72. The second-order valence-corrected chi connectivity index (χ2v) is 4.52. The van der Waals surface area contributed by atoms with E-state index in [0.717, 1.165) is 5.31 Å². The van der Waals surface area contributed by atoms with E-state index < -0.39 is 0 Å². The van der Waals surface area contributed by atoms with Crippen molar-refractivity contribution in [3.63, 3.8) is 0 Å². The van der Waals surface area contributed by atoms with E-state index in [1.54, 1.807) is 6.08 Å². The Kier molecular flexibility index (Phi) is 5.85. The Morgan fingerprint density at radius 2 is 2.07 bits per heavy atom. The molecule has 0 saturated carbocycles. The minimum atomic E-state index is 0.406. The van der Waals surface area contributed by atoms with Crippen molar-refractivity contribution in [2.45, 2.75) is 0 Å². The largest absolute Gasteiger partial charge is 0.247 e. The van der Waals surface area contributed by atoms with Crippen LogP contribution in [0.2, 0.25) is 0 Å². The van der Waals surface area contributed by atoms with E-state index >= 15 is 0 Å². The maximum Gasteiger partial charge on any atom is 0.0370 e. The Bertz CT molecular complexity index is 380. The summed E-state index contributed by atoms with van der Waals surface area (Å²) in [4.78, 5) is 0. The quantitative estimate of drug-likeness (QED) is 0.516. The molecule has 0 aliphatic heterocycles. The molecule has 0 saturated heterocycles. The Hall–Kier alpha value is -1.03. The minimum absolute atomic E-state index is 0.406. The van der Waals surface area contributed by atoms with Crippen LogP contribution in [0.1, 0.15) is 5.56 Å². The predicted octanol–water partition coefficient (Wildman–Crippen LogP) is 4.69. The topological polar surface area (TPSA) is 12.4 Å². The zero-order valence-corrected chi connectivity index (χ0v) is 10.4. The average Bonchev–Trinajstić information content (AvgIpc) is 2.28. The second-order valence-electron chi connectivity index (χ2n) is 2.83. The summed E-state index contributed by atoms with van der Waals surface area (Å²) in [7, 11) is 3.55. The molecule has 0 bridgehead atoms. The molecule has 0 heterocycles. The summed E-state index contributed by atoms with van der Waals surface area (Å²) in [5, 5.41) is 1.16. The van der Waals surface area contributed by atoms with Crippen LogP contribution in [0.15, 0.2) is 65.0 Å². The molecule has 0 fully saturated rings. The van der Waals surface area contributed by atoms with E-state index in [-0.39, 0.29) is 0 Å². The monoisotopic (exact) mass is 233 g/mol. The summed E-state index contributed by atoms with van der Waals surface area (Å²) in [6.45, 7) is 3.65. The van der Waals surface area contributed by atoms with Gasteiger partial charge in [0.25, 0.3) is 0 Å². The molecule has 3 heteroatoms. The van der Waals surface area contributed by atoms with Crippen molar-refractivity contribution in [2.24, 2.45) is 4.52 Å². The van der Waals surface area contributed by atoms with Gasteiger partial charge in [-0.25, -0.2) is 4.52 Å². The summed E-state index contributed by atoms with van der Waals surface area (Å²) in [5.74, 6) is 0. The van der Waals surface area contributed by atoms with Crippen LogP contribution in [-0.2, 0) is 0 Å². The second kappa shape index (κ2) is 7.29. The Morgan fingerprint density at radius 1 is 1.33 bits per heavy atom. The van der Waals surface area contributed by atoms with E-state index in [4.69, 9.17) is 0 Å². The summed E-state index contributed by atoms with van der Waals surface area (Å²) >= 11 is 0. The Morgan fingerprint density at radius 3 is 2.67 bits per heavy atom. The molecule has 1 atom stereocenters. The van der Waals surface area contributed by atoms with Gasteiger partial charge in [0.2, 0.25) is 0 Å². The first-order valence-electron chi connectivity index (χ1n) is 4.55. The average molecular weight is 233 g/mol. The van der Waals surface area contributed by atoms with Gasteiger partial charge >= 0.3 is 0 Å². The molecule has 0 spiro atoms. The van der Waals surface area contributed by atoms with Gasteiger partial charge in [0.15, 0.2) is 0 Å². The molecule has 0 amide bonds. The smallest absolute Gasteiger partial charge is 0.0370 e. The SMILES string of the molecule is C=CC=CC(=Cc1ccccc1)PN=P. The Balaban J connectivity index is 2.88. The van der Waals surface area contributed by atoms with Gasteiger partial charge in [0.1, 0.15) is 0 Å². The number of nitrogens with zero attached hydrogens (tertiary/aromatic N) is 1. The summed E-state index contributed by atoms with van der Waals surface area (Å²) < 4.78 is 3.96. The van der Waals surface area contributed by atoms with Gasteiger partial charge in [-0.1, -0.05) is 55.1 Å². The summed E-state index contributed by atoms with van der Waals surface area (Å²) in [5.41, 5.74) is 1.18. The van der Waals surface area contributed by atoms with Crippen molar-refractivity contribution >= 4 is 23.8 Å². The van der Waals surface area contributed by atoms with Crippen molar-refractivity contribution in [3.8, 4) is 0 Å². The molecule has 1 rings (SSSR count). The lowest BCUT2D eigenvalue weighted by atomic mass is 10.2. The van der Waals surface area contributed by atoms with E-state index in [0.29, 0.717) is 8.73 Å². The number of hydrogen-bond acceptors (Lipinski definition) is 1. The number of hydrogen-bond donors (Lipinski definition) is 0. The summed E-state index contributed by atoms with van der Waals surface area (Å²) in [6, 6.07) is 10.2. The zero-order valence-electron chi connectivity index (χ0n) is 8.35. The third-order valence-corrected chi connectivity index (χ3v) is 2.74. The first kappa shape index (κ1) is 12.0. The molecule has 0 N–H and O–H groups in total. The van der Waals surface area contributed by atoms with Crippen molar-refractivity contribution < 1.29 is 0 Å². The maximum atomic E-state index is 3.96. The fraction of sp³-hybridized carbons (Fsp3) is 0. The van der Waals surface area contributed by atoms with Gasteiger partial charge in [-0.3, -0.25) is 0 Å². The molecule has 15 heavy (non-hydrogen) atoms. The first-order valence-corrected chi connectivity index (χ1v) is 5.94. The molecule has 0 radical (unpaired) electrons. The normalized spacial score (nSPS) is 12.4. The fourth-order valence-corrected chi connectivity index (χ4v) is 2.00. The fourth-order valence-electron chi connectivity index (χ4n) is 1.08. The van der Waals surface area contributed by atoms with Crippen LogP contribution in [0.25, 0.3) is 6.08 Å². The van der Waals surface area contributed by atoms with Crippen molar-refractivity contribution in [1.82, 2.24) is 0 Å². The minimum Gasteiger partial charge on any atom is -0.247 e. The molecule has 76 valence electrons. The molecular weight excluding hydrogens is 220 g/mol. The van der Waals surface area contributed by atoms with Crippen LogP contribution in [0, 0.1) is 0 Å². The molecule has 0 aliphatic rings. The molecular formula is C12H13NP2. The predicted molar refractivity (Wildman–Crippen MR) is 72.8 cm³/mol. The molecule has 1 aromatic rings. The molecule has 0 aromatic heterocycles. The molecule has 1 unspecified atom stereocenters. The van der Waals surface area contributed by atoms with Gasteiger partial charge in [0, 0.05) is 8.73 Å². The lowest BCUT2D eigenvalue weighted by Crippen LogP contribution is -1.71. The first-order chi connectivity index (χ1) is 7.36. The zero-order chi connectivity index (χ0) is 10.9. The van der Waals surface area contributed by atoms with E-state index in [9.17, 15) is 0 Å². The van der Waals surface area contributed by atoms with Crippen molar-refractivity contribution in [1.29, 1.82) is 0 Å². The standard InChI is InChI=1S/C12H13NP2/c1-2-3-9-12(15-13-14)10-11-7-5-4-6-8-11/h2-10,14-15H,1H2. The van der Waals surface area contributed by atoms with Crippen molar-refractivity contribution in [3.05, 3.63) is 66.0 Å². The van der Waals surface area contributed by atoms with E-state index in [1.165, 1.54) is 5.56 Å². The Labute approximate surface area is 94.8 Å². The highest BCUT2D eigenvalue weighted by Gasteiger charge is 1.91. The van der Waals surface area contributed by atoms with Gasteiger partial charge < -0.3 is 0 Å². The number of benzene rings is 1. The third kappa shape index (κ3) is 4.83. The van der Waals surface area contributed by atoms with E-state index in [1.807, 2.05) is 30.4 Å². The van der Waals surface area contributed by atoms with E-state index in [2.05, 4.69) is 38.3 Å². The molecule has 0 aliphatic carbocycles.